The third-order valence-electron chi connectivity index (χ3n) is 3.62. The smallest absolute Gasteiger partial charge is 0.240 e. The Labute approximate surface area is 148 Å². The maximum absolute atomic E-state index is 12.0. The van der Waals surface area contributed by atoms with Gasteiger partial charge in [-0.1, -0.05) is 18.2 Å². The summed E-state index contributed by atoms with van der Waals surface area (Å²) in [6.45, 7) is 3.90. The van der Waals surface area contributed by atoms with Crippen LogP contribution in [0.15, 0.2) is 47.4 Å². The number of benzene rings is 2. The first-order chi connectivity index (χ1) is 11.8. The minimum atomic E-state index is -3.57. The van der Waals surface area contributed by atoms with Crippen LogP contribution in [0.1, 0.15) is 17.5 Å². The molecule has 0 aromatic heterocycles. The Morgan fingerprint density at radius 3 is 2.56 bits per heavy atom. The van der Waals surface area contributed by atoms with Crippen LogP contribution in [-0.2, 0) is 14.8 Å². The van der Waals surface area contributed by atoms with E-state index in [2.05, 4.69) is 10.0 Å². The van der Waals surface area contributed by atoms with Crippen molar-refractivity contribution in [3.05, 3.63) is 53.6 Å². The van der Waals surface area contributed by atoms with Crippen LogP contribution in [0.25, 0.3) is 0 Å². The van der Waals surface area contributed by atoms with Crippen molar-refractivity contribution >= 4 is 21.6 Å². The monoisotopic (exact) mass is 362 g/mol. The first-order valence-electron chi connectivity index (χ1n) is 7.85. The average molecular weight is 362 g/mol. The molecular weight excluding hydrogens is 340 g/mol. The molecule has 0 radical (unpaired) electrons. The van der Waals surface area contributed by atoms with E-state index >= 15 is 0 Å². The number of carbonyl (C=O) groups is 1. The van der Waals surface area contributed by atoms with Crippen molar-refractivity contribution in [2.24, 2.45) is 0 Å². The first-order valence-corrected chi connectivity index (χ1v) is 9.33. The van der Waals surface area contributed by atoms with E-state index in [1.807, 2.05) is 31.2 Å². The SMILES string of the molecule is CNS(=O)(=O)c1cc(NC(=O)CCOc2cccc(C)c2)ccc1C. The van der Waals surface area contributed by atoms with Crippen molar-refractivity contribution < 1.29 is 17.9 Å². The van der Waals surface area contributed by atoms with Crippen molar-refractivity contribution in [3.63, 3.8) is 0 Å². The van der Waals surface area contributed by atoms with Crippen LogP contribution in [-0.4, -0.2) is 28.0 Å². The van der Waals surface area contributed by atoms with Crippen molar-refractivity contribution in [2.45, 2.75) is 25.2 Å². The van der Waals surface area contributed by atoms with Gasteiger partial charge >= 0.3 is 0 Å². The molecule has 2 aromatic rings. The first kappa shape index (κ1) is 19.0. The van der Waals surface area contributed by atoms with Crippen molar-refractivity contribution in [3.8, 4) is 5.75 Å². The van der Waals surface area contributed by atoms with Gasteiger partial charge in [0.15, 0.2) is 0 Å². The number of anilines is 1. The summed E-state index contributed by atoms with van der Waals surface area (Å²) in [7, 11) is -2.22. The number of amides is 1. The summed E-state index contributed by atoms with van der Waals surface area (Å²) < 4.78 is 31.8. The van der Waals surface area contributed by atoms with Crippen molar-refractivity contribution in [1.29, 1.82) is 0 Å². The number of aryl methyl sites for hydroxylation is 2. The third-order valence-corrected chi connectivity index (χ3v) is 5.17. The summed E-state index contributed by atoms with van der Waals surface area (Å²) in [5.41, 5.74) is 2.12. The molecule has 0 bridgehead atoms. The van der Waals surface area contributed by atoms with Crippen molar-refractivity contribution in [1.82, 2.24) is 4.72 Å². The van der Waals surface area contributed by atoms with E-state index in [4.69, 9.17) is 4.74 Å². The minimum absolute atomic E-state index is 0.142. The van der Waals surface area contributed by atoms with Gasteiger partial charge in [-0.2, -0.15) is 0 Å². The standard InChI is InChI=1S/C18H22N2O4S/c1-13-5-4-6-16(11-13)24-10-9-18(21)20-15-8-7-14(2)17(12-15)25(22,23)19-3/h4-8,11-12,19H,9-10H2,1-3H3,(H,20,21). The second-order valence-corrected chi connectivity index (χ2v) is 7.51. The fourth-order valence-electron chi connectivity index (χ4n) is 2.27. The summed E-state index contributed by atoms with van der Waals surface area (Å²) in [4.78, 5) is 12.2. The van der Waals surface area contributed by atoms with E-state index in [9.17, 15) is 13.2 Å². The van der Waals surface area contributed by atoms with Crippen LogP contribution in [0.4, 0.5) is 5.69 Å². The van der Waals surface area contributed by atoms with Gasteiger partial charge in [0.1, 0.15) is 5.75 Å². The molecule has 7 heteroatoms. The van der Waals surface area contributed by atoms with E-state index in [1.165, 1.54) is 13.1 Å². The Balaban J connectivity index is 1.95. The molecule has 6 nitrogen and oxygen atoms in total. The van der Waals surface area contributed by atoms with Crippen LogP contribution in [0.3, 0.4) is 0 Å². The van der Waals surface area contributed by atoms with E-state index in [0.29, 0.717) is 17.0 Å². The zero-order valence-corrected chi connectivity index (χ0v) is 15.3. The Morgan fingerprint density at radius 1 is 1.12 bits per heavy atom. The van der Waals surface area contributed by atoms with Gasteiger partial charge in [-0.05, 0) is 56.3 Å². The van der Waals surface area contributed by atoms with Gasteiger partial charge in [0.25, 0.3) is 0 Å². The molecule has 0 atom stereocenters. The molecule has 0 aliphatic heterocycles. The molecule has 2 rings (SSSR count). The molecule has 0 unspecified atom stereocenters. The van der Waals surface area contributed by atoms with Gasteiger partial charge in [-0.3, -0.25) is 4.79 Å². The van der Waals surface area contributed by atoms with Crippen LogP contribution in [0.2, 0.25) is 0 Å². The topological polar surface area (TPSA) is 84.5 Å². The minimum Gasteiger partial charge on any atom is -0.493 e. The zero-order chi connectivity index (χ0) is 18.4. The maximum Gasteiger partial charge on any atom is 0.240 e. The van der Waals surface area contributed by atoms with E-state index < -0.39 is 10.0 Å². The number of sulfonamides is 1. The van der Waals surface area contributed by atoms with E-state index in [0.717, 1.165) is 5.56 Å². The Bertz CT molecular complexity index is 863. The zero-order valence-electron chi connectivity index (χ0n) is 14.5. The quantitative estimate of drug-likeness (QED) is 0.793. The molecule has 25 heavy (non-hydrogen) atoms. The second kappa shape index (κ2) is 8.13. The summed E-state index contributed by atoms with van der Waals surface area (Å²) in [6, 6.07) is 12.4. The van der Waals surface area contributed by atoms with Crippen LogP contribution in [0, 0.1) is 13.8 Å². The van der Waals surface area contributed by atoms with E-state index in [-0.39, 0.29) is 23.8 Å². The molecule has 0 aliphatic carbocycles. The number of nitrogens with one attached hydrogen (secondary N) is 2. The summed E-state index contributed by atoms with van der Waals surface area (Å²) in [6.07, 6.45) is 0.163. The molecular formula is C18H22N2O4S. The highest BCUT2D eigenvalue weighted by atomic mass is 32.2. The average Bonchev–Trinajstić information content (AvgIpc) is 2.56. The normalized spacial score (nSPS) is 11.2. The van der Waals surface area contributed by atoms with E-state index in [1.54, 1.807) is 19.1 Å². The Hall–Kier alpha value is -2.38. The molecule has 0 spiro atoms. The molecule has 0 heterocycles. The predicted molar refractivity (Wildman–Crippen MR) is 97.3 cm³/mol. The number of hydrogen-bond acceptors (Lipinski definition) is 4. The molecule has 0 saturated carbocycles. The lowest BCUT2D eigenvalue weighted by molar-refractivity contribution is -0.116. The fraction of sp³-hybridized carbons (Fsp3) is 0.278. The summed E-state index contributed by atoms with van der Waals surface area (Å²) >= 11 is 0. The Kier molecular flexibility index (Phi) is 6.17. The van der Waals surface area contributed by atoms with Gasteiger partial charge in [-0.15, -0.1) is 0 Å². The van der Waals surface area contributed by atoms with Gasteiger partial charge in [-0.25, -0.2) is 13.1 Å². The highest BCUT2D eigenvalue weighted by Gasteiger charge is 2.15. The van der Waals surface area contributed by atoms with Crippen molar-refractivity contribution in [2.75, 3.05) is 19.0 Å². The maximum atomic E-state index is 12.0. The van der Waals surface area contributed by atoms with Gasteiger partial charge in [0, 0.05) is 5.69 Å². The highest BCUT2D eigenvalue weighted by molar-refractivity contribution is 7.89. The number of carbonyl (C=O) groups excluding carboxylic acids is 1. The molecule has 0 aliphatic rings. The second-order valence-electron chi connectivity index (χ2n) is 5.65. The fourth-order valence-corrected chi connectivity index (χ4v) is 3.26. The Morgan fingerprint density at radius 2 is 1.88 bits per heavy atom. The van der Waals surface area contributed by atoms with Gasteiger partial charge < -0.3 is 10.1 Å². The highest BCUT2D eigenvalue weighted by Crippen LogP contribution is 2.20. The molecule has 0 saturated heterocycles. The molecule has 2 N–H and O–H groups in total. The van der Waals surface area contributed by atoms with Crippen LogP contribution >= 0.6 is 0 Å². The molecule has 134 valence electrons. The lowest BCUT2D eigenvalue weighted by atomic mass is 10.2. The van der Waals surface area contributed by atoms with Crippen LogP contribution in [0.5, 0.6) is 5.75 Å². The number of hydrogen-bond donors (Lipinski definition) is 2. The number of ether oxygens (including phenoxy) is 1. The lowest BCUT2D eigenvalue weighted by Crippen LogP contribution is -2.20. The molecule has 1 amide bonds. The summed E-state index contributed by atoms with van der Waals surface area (Å²) in [5.74, 6) is 0.467. The predicted octanol–water partition coefficient (Wildman–Crippen LogP) is 2.62. The number of rotatable bonds is 7. The molecule has 0 fully saturated rings. The van der Waals surface area contributed by atoms with Crippen LogP contribution < -0.4 is 14.8 Å². The lowest BCUT2D eigenvalue weighted by Gasteiger charge is -2.11. The van der Waals surface area contributed by atoms with Gasteiger partial charge in [0.05, 0.1) is 17.9 Å². The largest absolute Gasteiger partial charge is 0.493 e. The third kappa shape index (κ3) is 5.30. The van der Waals surface area contributed by atoms with Gasteiger partial charge in [0.2, 0.25) is 15.9 Å². The summed E-state index contributed by atoms with van der Waals surface area (Å²) in [5, 5.41) is 2.69. The molecule has 2 aromatic carbocycles.